The van der Waals surface area contributed by atoms with Crippen molar-refractivity contribution in [3.05, 3.63) is 107 Å². The highest BCUT2D eigenvalue weighted by molar-refractivity contribution is 6.27. The highest BCUT2D eigenvalue weighted by atomic mass is 19.1. The molecule has 0 aromatic heterocycles. The summed E-state index contributed by atoms with van der Waals surface area (Å²) in [5, 5.41) is 4.26. The first kappa shape index (κ1) is 27.3. The van der Waals surface area contributed by atoms with Crippen LogP contribution >= 0.6 is 0 Å². The van der Waals surface area contributed by atoms with Gasteiger partial charge in [-0.15, -0.1) is 0 Å². The number of benzene rings is 4. The van der Waals surface area contributed by atoms with Crippen molar-refractivity contribution in [3.8, 4) is 0 Å². The van der Waals surface area contributed by atoms with Crippen molar-refractivity contribution in [1.29, 1.82) is 0 Å². The summed E-state index contributed by atoms with van der Waals surface area (Å²) < 4.78 is 14.3. The van der Waals surface area contributed by atoms with Gasteiger partial charge in [0.1, 0.15) is 11.9 Å². The van der Waals surface area contributed by atoms with Gasteiger partial charge in [-0.3, -0.25) is 29.5 Å². The third-order valence-electron chi connectivity index (χ3n) is 9.25. The van der Waals surface area contributed by atoms with E-state index < -0.39 is 11.9 Å². The molecule has 2 atom stereocenters. The summed E-state index contributed by atoms with van der Waals surface area (Å²) in [4.78, 5) is 43.9. The highest BCUT2D eigenvalue weighted by Gasteiger charge is 2.40. The first-order chi connectivity index (χ1) is 20.9. The molecule has 4 aromatic rings. The molecule has 0 radical (unpaired) electrons. The van der Waals surface area contributed by atoms with E-state index in [1.165, 1.54) is 17.2 Å². The zero-order chi connectivity index (χ0) is 29.7. The Balaban J connectivity index is 1.07. The highest BCUT2D eigenvalue weighted by Crippen LogP contribution is 2.41. The number of nitrogens with one attached hydrogen (secondary N) is 1. The zero-order valence-electron chi connectivity index (χ0n) is 24.1. The molecule has 3 heterocycles. The zero-order valence-corrected chi connectivity index (χ0v) is 24.1. The molecule has 43 heavy (non-hydrogen) atoms. The Hall–Kier alpha value is -4.56. The van der Waals surface area contributed by atoms with Crippen molar-refractivity contribution in [1.82, 2.24) is 10.2 Å². The molecule has 7 nitrogen and oxygen atoms in total. The number of hydrogen-bond acceptors (Lipinski definition) is 5. The van der Waals surface area contributed by atoms with E-state index in [0.717, 1.165) is 48.2 Å². The van der Waals surface area contributed by atoms with Gasteiger partial charge in [0.05, 0.1) is 11.4 Å². The molecular weight excluding hydrogens is 543 g/mol. The molecule has 0 saturated carbocycles. The fourth-order valence-corrected chi connectivity index (χ4v) is 6.86. The van der Waals surface area contributed by atoms with Crippen LogP contribution in [0.5, 0.6) is 0 Å². The second kappa shape index (κ2) is 10.9. The Labute approximate surface area is 249 Å². The average molecular weight is 577 g/mol. The van der Waals surface area contributed by atoms with Gasteiger partial charge in [0.25, 0.3) is 5.91 Å². The number of piperazine rings is 1. The summed E-state index contributed by atoms with van der Waals surface area (Å²) in [6.07, 6.45) is 1.25. The van der Waals surface area contributed by atoms with Gasteiger partial charge < -0.3 is 4.90 Å². The lowest BCUT2D eigenvalue weighted by molar-refractivity contribution is -0.134. The summed E-state index contributed by atoms with van der Waals surface area (Å²) >= 11 is 0. The van der Waals surface area contributed by atoms with Crippen LogP contribution in [-0.4, -0.2) is 54.8 Å². The van der Waals surface area contributed by atoms with Crippen LogP contribution in [-0.2, 0) is 16.0 Å². The van der Waals surface area contributed by atoms with Crippen molar-refractivity contribution >= 4 is 39.9 Å². The van der Waals surface area contributed by atoms with Crippen LogP contribution in [0.25, 0.3) is 10.8 Å². The molecule has 0 aliphatic carbocycles. The number of rotatable bonds is 6. The van der Waals surface area contributed by atoms with Gasteiger partial charge in [0, 0.05) is 49.6 Å². The number of carbonyl (C=O) groups is 3. The molecule has 2 fully saturated rings. The van der Waals surface area contributed by atoms with Gasteiger partial charge in [-0.25, -0.2) is 4.39 Å². The first-order valence-electron chi connectivity index (χ1n) is 14.9. The van der Waals surface area contributed by atoms with E-state index in [2.05, 4.69) is 46.3 Å². The predicted octanol–water partition coefficient (Wildman–Crippen LogP) is 5.22. The molecule has 0 spiro atoms. The van der Waals surface area contributed by atoms with Crippen LogP contribution < -0.4 is 15.1 Å². The summed E-state index contributed by atoms with van der Waals surface area (Å²) in [5.41, 5.74) is 5.53. The summed E-state index contributed by atoms with van der Waals surface area (Å²) in [6.45, 7) is 5.54. The van der Waals surface area contributed by atoms with Crippen LogP contribution in [0.3, 0.4) is 0 Å². The lowest BCUT2D eigenvalue weighted by Gasteiger charge is -2.39. The molecular formula is C35H33FN4O3. The Bertz CT molecular complexity index is 1750. The Morgan fingerprint density at radius 1 is 0.860 bits per heavy atom. The summed E-state index contributed by atoms with van der Waals surface area (Å²) in [6, 6.07) is 25.0. The molecule has 8 heteroatoms. The van der Waals surface area contributed by atoms with Crippen molar-refractivity contribution in [2.75, 3.05) is 36.0 Å². The Kier molecular flexibility index (Phi) is 6.94. The maximum atomic E-state index is 14.3. The minimum absolute atomic E-state index is 0.168. The number of hydrogen-bond donors (Lipinski definition) is 1. The standard InChI is InChI=1S/C35H33FN4O3/c1-22(38-17-19-39(20-18-38)29-8-3-2-7-28(29)36)24-11-9-23(10-12-24)21-25-13-14-30-33-26(25)5-4-6-27(33)35(43)40(30)31-15-16-32(41)37-34(31)42/h2-14,22,31H,15-21H2,1H3,(H,37,41,42). The van der Waals surface area contributed by atoms with Crippen molar-refractivity contribution in [3.63, 3.8) is 0 Å². The maximum absolute atomic E-state index is 14.3. The summed E-state index contributed by atoms with van der Waals surface area (Å²) in [7, 11) is 0. The van der Waals surface area contributed by atoms with Gasteiger partial charge in [0.15, 0.2) is 0 Å². The second-order valence-electron chi connectivity index (χ2n) is 11.7. The Morgan fingerprint density at radius 3 is 2.37 bits per heavy atom. The number of halogens is 1. The topological polar surface area (TPSA) is 73.0 Å². The van der Waals surface area contributed by atoms with Crippen LogP contribution in [0, 0.1) is 5.82 Å². The van der Waals surface area contributed by atoms with Gasteiger partial charge in [-0.05, 0) is 66.1 Å². The molecule has 0 bridgehead atoms. The van der Waals surface area contributed by atoms with Gasteiger partial charge >= 0.3 is 0 Å². The van der Waals surface area contributed by atoms with E-state index in [9.17, 15) is 18.8 Å². The Morgan fingerprint density at radius 2 is 1.63 bits per heavy atom. The van der Waals surface area contributed by atoms with Crippen LogP contribution in [0.2, 0.25) is 0 Å². The van der Waals surface area contributed by atoms with Crippen LogP contribution in [0.4, 0.5) is 15.8 Å². The fraction of sp³-hybridized carbons (Fsp3) is 0.286. The first-order valence-corrected chi connectivity index (χ1v) is 14.9. The number of piperidine rings is 1. The number of carbonyl (C=O) groups excluding carboxylic acids is 3. The number of imide groups is 1. The second-order valence-corrected chi connectivity index (χ2v) is 11.7. The van der Waals surface area contributed by atoms with E-state index in [-0.39, 0.29) is 30.1 Å². The monoisotopic (exact) mass is 576 g/mol. The van der Waals surface area contributed by atoms with Crippen molar-refractivity contribution in [2.45, 2.75) is 38.3 Å². The molecule has 218 valence electrons. The molecule has 2 unspecified atom stereocenters. The SMILES string of the molecule is CC(c1ccc(Cc2ccc3c4c(cccc24)C(=O)N3C2CCC(=O)NC2=O)cc1)N1CCN(c2ccccc2F)CC1. The van der Waals surface area contributed by atoms with Crippen molar-refractivity contribution < 1.29 is 18.8 Å². The minimum atomic E-state index is -0.691. The third-order valence-corrected chi connectivity index (χ3v) is 9.25. The quantitative estimate of drug-likeness (QED) is 0.319. The molecule has 3 amide bonds. The smallest absolute Gasteiger partial charge is 0.259 e. The molecule has 4 aromatic carbocycles. The largest absolute Gasteiger partial charge is 0.367 e. The minimum Gasteiger partial charge on any atom is -0.367 e. The number of para-hydroxylation sites is 1. The van der Waals surface area contributed by atoms with E-state index in [1.807, 2.05) is 42.5 Å². The third kappa shape index (κ3) is 4.85. The number of nitrogens with zero attached hydrogens (tertiary/aromatic N) is 3. The average Bonchev–Trinajstić information content (AvgIpc) is 3.31. The molecule has 3 aliphatic rings. The predicted molar refractivity (Wildman–Crippen MR) is 165 cm³/mol. The molecule has 3 aliphatic heterocycles. The van der Waals surface area contributed by atoms with E-state index in [4.69, 9.17) is 0 Å². The number of amides is 3. The van der Waals surface area contributed by atoms with E-state index in [1.54, 1.807) is 11.0 Å². The van der Waals surface area contributed by atoms with Gasteiger partial charge in [-0.1, -0.05) is 54.6 Å². The lowest BCUT2D eigenvalue weighted by atomic mass is 9.95. The van der Waals surface area contributed by atoms with E-state index >= 15 is 0 Å². The van der Waals surface area contributed by atoms with Crippen molar-refractivity contribution in [2.24, 2.45) is 0 Å². The molecule has 1 N–H and O–H groups in total. The van der Waals surface area contributed by atoms with Gasteiger partial charge in [-0.2, -0.15) is 0 Å². The van der Waals surface area contributed by atoms with Crippen LogP contribution in [0.15, 0.2) is 78.9 Å². The normalized spacial score (nSPS) is 19.7. The number of anilines is 2. The van der Waals surface area contributed by atoms with Gasteiger partial charge in [0.2, 0.25) is 11.8 Å². The molecule has 2 saturated heterocycles. The molecule has 7 rings (SSSR count). The fourth-order valence-electron chi connectivity index (χ4n) is 6.86. The maximum Gasteiger partial charge on any atom is 0.259 e. The van der Waals surface area contributed by atoms with E-state index in [0.29, 0.717) is 24.1 Å². The lowest BCUT2D eigenvalue weighted by Crippen LogP contribution is -2.53. The van der Waals surface area contributed by atoms with Crippen LogP contribution in [0.1, 0.15) is 52.9 Å². The summed E-state index contributed by atoms with van der Waals surface area (Å²) in [5.74, 6) is -1.08.